The Labute approximate surface area is 166 Å². The minimum atomic E-state index is -3.77. The zero-order valence-electron chi connectivity index (χ0n) is 16.7. The highest BCUT2D eigenvalue weighted by Crippen LogP contribution is 2.31. The summed E-state index contributed by atoms with van der Waals surface area (Å²) in [5.41, 5.74) is 2.27. The van der Waals surface area contributed by atoms with E-state index in [-0.39, 0.29) is 16.2 Å². The molecule has 0 saturated carbocycles. The Morgan fingerprint density at radius 3 is 2.21 bits per heavy atom. The number of carbonyl (C=O) groups excluding carboxylic acids is 1. The van der Waals surface area contributed by atoms with Crippen molar-refractivity contribution in [3.05, 3.63) is 48.0 Å². The Bertz CT molecular complexity index is 948. The van der Waals surface area contributed by atoms with Gasteiger partial charge in [0.15, 0.2) is 0 Å². The molecule has 0 heterocycles. The number of benzene rings is 2. The normalized spacial score (nSPS) is 12.9. The van der Waals surface area contributed by atoms with Crippen molar-refractivity contribution < 1.29 is 17.9 Å². The molecule has 8 heteroatoms. The van der Waals surface area contributed by atoms with E-state index in [1.807, 2.05) is 18.2 Å². The van der Waals surface area contributed by atoms with Crippen LogP contribution in [0.25, 0.3) is 0 Å². The highest BCUT2D eigenvalue weighted by atomic mass is 32.2. The Kier molecular flexibility index (Phi) is 6.36. The number of carbonyl (C=O) groups is 1. The van der Waals surface area contributed by atoms with Gasteiger partial charge in [-0.1, -0.05) is 26.8 Å². The van der Waals surface area contributed by atoms with Crippen molar-refractivity contribution >= 4 is 27.3 Å². The van der Waals surface area contributed by atoms with E-state index in [9.17, 15) is 13.2 Å². The second-order valence-electron chi connectivity index (χ2n) is 7.59. The molecule has 0 aliphatic carbocycles. The summed E-state index contributed by atoms with van der Waals surface area (Å²) in [4.78, 5) is 12.5. The average Bonchev–Trinajstić information content (AvgIpc) is 2.60. The van der Waals surface area contributed by atoms with Gasteiger partial charge in [-0.15, -0.1) is 0 Å². The zero-order chi connectivity index (χ0) is 21.1. The van der Waals surface area contributed by atoms with E-state index in [2.05, 4.69) is 31.4 Å². The van der Waals surface area contributed by atoms with Crippen molar-refractivity contribution in [1.82, 2.24) is 0 Å². The van der Waals surface area contributed by atoms with Gasteiger partial charge in [0.05, 0.1) is 17.7 Å². The number of primary sulfonamides is 1. The summed E-state index contributed by atoms with van der Waals surface area (Å²) >= 11 is 0. The van der Waals surface area contributed by atoms with E-state index in [0.717, 1.165) is 11.3 Å². The van der Waals surface area contributed by atoms with Gasteiger partial charge in [0.25, 0.3) is 0 Å². The smallest absolute Gasteiger partial charge is 0.246 e. The van der Waals surface area contributed by atoms with Crippen molar-refractivity contribution in [2.45, 2.75) is 44.0 Å². The lowest BCUT2D eigenvalue weighted by Gasteiger charge is -2.23. The van der Waals surface area contributed by atoms with Gasteiger partial charge in [0, 0.05) is 5.69 Å². The van der Waals surface area contributed by atoms with Crippen LogP contribution in [-0.4, -0.2) is 27.5 Å². The lowest BCUT2D eigenvalue weighted by atomic mass is 9.86. The minimum absolute atomic E-state index is 0.0135. The summed E-state index contributed by atoms with van der Waals surface area (Å²) in [6.07, 6.45) is 0. The SMILES string of the molecule is COc1ccc(C(C)(C)C)cc1NC(C)C(=O)Nc1ccc(S(N)(=O)=O)cc1. The Hall–Kier alpha value is -2.58. The lowest BCUT2D eigenvalue weighted by Crippen LogP contribution is -2.32. The number of nitrogens with one attached hydrogen (secondary N) is 2. The third-order valence-electron chi connectivity index (χ3n) is 4.28. The lowest BCUT2D eigenvalue weighted by molar-refractivity contribution is -0.116. The number of methoxy groups -OCH3 is 1. The molecule has 0 saturated heterocycles. The summed E-state index contributed by atoms with van der Waals surface area (Å²) in [5.74, 6) is 0.372. The maximum Gasteiger partial charge on any atom is 0.246 e. The number of ether oxygens (including phenoxy) is 1. The van der Waals surface area contributed by atoms with E-state index < -0.39 is 16.1 Å². The van der Waals surface area contributed by atoms with Crippen molar-refractivity contribution in [1.29, 1.82) is 0 Å². The molecule has 0 spiro atoms. The number of sulfonamides is 1. The van der Waals surface area contributed by atoms with Crippen LogP contribution in [0.2, 0.25) is 0 Å². The Morgan fingerprint density at radius 1 is 1.11 bits per heavy atom. The molecule has 1 atom stereocenters. The summed E-state index contributed by atoms with van der Waals surface area (Å²) in [5, 5.41) is 11.0. The predicted molar refractivity (Wildman–Crippen MR) is 111 cm³/mol. The van der Waals surface area contributed by atoms with Crippen LogP contribution < -0.4 is 20.5 Å². The van der Waals surface area contributed by atoms with Crippen LogP contribution in [0.3, 0.4) is 0 Å². The van der Waals surface area contributed by atoms with Crippen LogP contribution in [0, 0.1) is 0 Å². The maximum absolute atomic E-state index is 12.5. The van der Waals surface area contributed by atoms with Crippen LogP contribution in [-0.2, 0) is 20.2 Å². The second kappa shape index (κ2) is 8.20. The number of hydrogen-bond donors (Lipinski definition) is 3. The molecule has 1 unspecified atom stereocenters. The monoisotopic (exact) mass is 405 g/mol. The molecule has 2 aromatic rings. The molecule has 0 bridgehead atoms. The van der Waals surface area contributed by atoms with Gasteiger partial charge in [0.1, 0.15) is 11.8 Å². The molecule has 0 aliphatic heterocycles. The zero-order valence-corrected chi connectivity index (χ0v) is 17.6. The first-order chi connectivity index (χ1) is 12.9. The molecule has 2 rings (SSSR count). The maximum atomic E-state index is 12.5. The predicted octanol–water partition coefficient (Wildman–Crippen LogP) is 3.08. The molecule has 0 radical (unpaired) electrons. The fourth-order valence-electron chi connectivity index (χ4n) is 2.56. The van der Waals surface area contributed by atoms with Gasteiger partial charge < -0.3 is 15.4 Å². The van der Waals surface area contributed by atoms with Crippen LogP contribution in [0.4, 0.5) is 11.4 Å². The summed E-state index contributed by atoms with van der Waals surface area (Å²) < 4.78 is 28.0. The Morgan fingerprint density at radius 2 is 1.71 bits per heavy atom. The third-order valence-corrected chi connectivity index (χ3v) is 5.21. The molecule has 0 aliphatic rings. The molecule has 7 nitrogen and oxygen atoms in total. The summed E-state index contributed by atoms with van der Waals surface area (Å²) in [6, 6.07) is 11.0. The minimum Gasteiger partial charge on any atom is -0.495 e. The second-order valence-corrected chi connectivity index (χ2v) is 9.15. The number of hydrogen-bond acceptors (Lipinski definition) is 5. The van der Waals surface area contributed by atoms with E-state index in [0.29, 0.717) is 11.4 Å². The Balaban J connectivity index is 2.14. The van der Waals surface area contributed by atoms with Crippen molar-refractivity contribution in [3.8, 4) is 5.75 Å². The molecule has 0 fully saturated rings. The van der Waals surface area contributed by atoms with Crippen LogP contribution in [0.5, 0.6) is 5.75 Å². The van der Waals surface area contributed by atoms with Crippen molar-refractivity contribution in [2.75, 3.05) is 17.7 Å². The molecular weight excluding hydrogens is 378 g/mol. The standard InChI is InChI=1S/C20H27N3O4S/c1-13(19(24)23-15-7-9-16(10-8-15)28(21,25)26)22-17-12-14(20(2,3)4)6-11-18(17)27-5/h6-13,22H,1-5H3,(H,23,24)(H2,21,25,26). The van der Waals surface area contributed by atoms with Gasteiger partial charge in [-0.2, -0.15) is 0 Å². The van der Waals surface area contributed by atoms with Gasteiger partial charge in [-0.05, 0) is 54.3 Å². The first-order valence-electron chi connectivity index (χ1n) is 8.80. The molecular formula is C20H27N3O4S. The van der Waals surface area contributed by atoms with Crippen LogP contribution >= 0.6 is 0 Å². The van der Waals surface area contributed by atoms with E-state index in [4.69, 9.17) is 9.88 Å². The molecule has 1 amide bonds. The number of rotatable bonds is 6. The quantitative estimate of drug-likeness (QED) is 0.684. The molecule has 0 aromatic heterocycles. The molecule has 4 N–H and O–H groups in total. The number of amides is 1. The summed E-state index contributed by atoms with van der Waals surface area (Å²) in [6.45, 7) is 8.07. The van der Waals surface area contributed by atoms with E-state index in [1.54, 1.807) is 14.0 Å². The number of anilines is 2. The number of nitrogens with two attached hydrogens (primary N) is 1. The third kappa shape index (κ3) is 5.46. The topological polar surface area (TPSA) is 111 Å². The van der Waals surface area contributed by atoms with Crippen LogP contribution in [0.15, 0.2) is 47.4 Å². The van der Waals surface area contributed by atoms with Gasteiger partial charge in [0.2, 0.25) is 15.9 Å². The van der Waals surface area contributed by atoms with Crippen LogP contribution in [0.1, 0.15) is 33.3 Å². The van der Waals surface area contributed by atoms with Gasteiger partial charge in [-0.25, -0.2) is 13.6 Å². The van der Waals surface area contributed by atoms with E-state index >= 15 is 0 Å². The van der Waals surface area contributed by atoms with Crippen molar-refractivity contribution in [2.24, 2.45) is 5.14 Å². The fraction of sp³-hybridized carbons (Fsp3) is 0.350. The van der Waals surface area contributed by atoms with E-state index in [1.165, 1.54) is 24.3 Å². The van der Waals surface area contributed by atoms with Gasteiger partial charge >= 0.3 is 0 Å². The fourth-order valence-corrected chi connectivity index (χ4v) is 3.08. The van der Waals surface area contributed by atoms with Gasteiger partial charge in [-0.3, -0.25) is 4.79 Å². The molecule has 2 aromatic carbocycles. The summed E-state index contributed by atoms with van der Waals surface area (Å²) in [7, 11) is -2.19. The first-order valence-corrected chi connectivity index (χ1v) is 10.4. The highest BCUT2D eigenvalue weighted by molar-refractivity contribution is 7.89. The molecule has 152 valence electrons. The highest BCUT2D eigenvalue weighted by Gasteiger charge is 2.19. The average molecular weight is 406 g/mol. The molecule has 28 heavy (non-hydrogen) atoms. The largest absolute Gasteiger partial charge is 0.495 e. The van der Waals surface area contributed by atoms with Crippen molar-refractivity contribution in [3.63, 3.8) is 0 Å². The first kappa shape index (κ1) is 21.7.